The zero-order valence-corrected chi connectivity index (χ0v) is 22.3. The van der Waals surface area contributed by atoms with E-state index in [0.717, 1.165) is 0 Å². The highest BCUT2D eigenvalue weighted by Gasteiger charge is 2.48. The number of hydrogen-bond donors (Lipinski definition) is 0. The molecule has 0 fully saturated rings. The fourth-order valence-corrected chi connectivity index (χ4v) is 10.4. The predicted molar refractivity (Wildman–Crippen MR) is 149 cm³/mol. The lowest BCUT2D eigenvalue weighted by Crippen LogP contribution is -2.39. The maximum absolute atomic E-state index is 2.44. The first-order chi connectivity index (χ1) is 15.6. The Hall–Kier alpha value is -2.69. The highest BCUT2D eigenvalue weighted by Crippen LogP contribution is 2.55. The summed E-state index contributed by atoms with van der Waals surface area (Å²) in [5, 5.41) is 5.78. The molecule has 0 amide bonds. The Morgan fingerprint density at radius 1 is 0.273 bits per heavy atom. The van der Waals surface area contributed by atoms with Gasteiger partial charge in [-0.25, -0.2) is 0 Å². The van der Waals surface area contributed by atoms with Crippen LogP contribution in [0.2, 0.25) is 0 Å². The number of aryl methyl sites for hydroxylation is 8. The van der Waals surface area contributed by atoms with E-state index in [1.807, 2.05) is 0 Å². The van der Waals surface area contributed by atoms with Crippen molar-refractivity contribution in [2.75, 3.05) is 0 Å². The summed E-state index contributed by atoms with van der Waals surface area (Å²) < 4.78 is 0. The standard InChI is InChI=1S/C32H36P/c1-21-9-22(2)14-29(13-21)33(30-15-23(3)10-24(4)16-30,31-17-25(5)11-26(6)18-31)32-19-27(7)12-28(8)20-32/h9-20H,1-8H3/q+1. The van der Waals surface area contributed by atoms with Crippen molar-refractivity contribution in [3.63, 3.8) is 0 Å². The molecular weight excluding hydrogens is 415 g/mol. The van der Waals surface area contributed by atoms with Gasteiger partial charge in [0.1, 0.15) is 28.5 Å². The van der Waals surface area contributed by atoms with E-state index in [-0.39, 0.29) is 0 Å². The Bertz CT molecular complexity index is 1050. The summed E-state index contributed by atoms with van der Waals surface area (Å²) in [5.41, 5.74) is 10.6. The fourth-order valence-electron chi connectivity index (χ4n) is 5.47. The minimum Gasteiger partial charge on any atom is -0.0561 e. The SMILES string of the molecule is Cc1cc(C)cc([P+](c2cc(C)cc(C)c2)(c2cc(C)cc(C)c2)c2cc(C)cc(C)c2)c1. The largest absolute Gasteiger partial charge is 0.144 e. The molecule has 0 nitrogen and oxygen atoms in total. The van der Waals surface area contributed by atoms with Gasteiger partial charge in [-0.3, -0.25) is 0 Å². The van der Waals surface area contributed by atoms with Crippen molar-refractivity contribution in [1.29, 1.82) is 0 Å². The highest BCUT2D eigenvalue weighted by atomic mass is 31.2. The van der Waals surface area contributed by atoms with Crippen LogP contribution in [0.3, 0.4) is 0 Å². The van der Waals surface area contributed by atoms with Gasteiger partial charge in [0.15, 0.2) is 0 Å². The molecule has 4 aromatic carbocycles. The van der Waals surface area contributed by atoms with Crippen molar-refractivity contribution in [2.24, 2.45) is 0 Å². The van der Waals surface area contributed by atoms with Gasteiger partial charge in [-0.05, 0) is 148 Å². The third kappa shape index (κ3) is 4.55. The maximum Gasteiger partial charge on any atom is 0.144 e. The van der Waals surface area contributed by atoms with Crippen LogP contribution in [0.4, 0.5) is 0 Å². The van der Waals surface area contributed by atoms with Crippen LogP contribution in [-0.2, 0) is 0 Å². The van der Waals surface area contributed by atoms with Gasteiger partial charge in [0.2, 0.25) is 0 Å². The zero-order chi connectivity index (χ0) is 23.9. The van der Waals surface area contributed by atoms with Gasteiger partial charge in [0.05, 0.1) is 0 Å². The highest BCUT2D eigenvalue weighted by molar-refractivity contribution is 8.01. The van der Waals surface area contributed by atoms with Crippen LogP contribution in [0.1, 0.15) is 44.5 Å². The normalized spacial score (nSPS) is 11.6. The van der Waals surface area contributed by atoms with Gasteiger partial charge in [-0.15, -0.1) is 0 Å². The summed E-state index contributed by atoms with van der Waals surface area (Å²) in [6.07, 6.45) is 0. The van der Waals surface area contributed by atoms with Crippen molar-refractivity contribution in [3.8, 4) is 0 Å². The van der Waals surface area contributed by atoms with Gasteiger partial charge in [-0.1, -0.05) is 24.3 Å². The minimum atomic E-state index is -2.12. The van der Waals surface area contributed by atoms with E-state index in [1.165, 1.54) is 65.7 Å². The van der Waals surface area contributed by atoms with E-state index in [2.05, 4.69) is 128 Å². The van der Waals surface area contributed by atoms with Crippen LogP contribution in [0.15, 0.2) is 72.8 Å². The molecule has 0 spiro atoms. The van der Waals surface area contributed by atoms with Crippen LogP contribution < -0.4 is 21.2 Å². The van der Waals surface area contributed by atoms with Gasteiger partial charge in [0, 0.05) is 0 Å². The van der Waals surface area contributed by atoms with Crippen molar-refractivity contribution in [1.82, 2.24) is 0 Å². The topological polar surface area (TPSA) is 0 Å². The number of benzene rings is 4. The molecule has 0 aliphatic carbocycles. The fraction of sp³-hybridized carbons (Fsp3) is 0.250. The zero-order valence-electron chi connectivity index (χ0n) is 21.4. The second kappa shape index (κ2) is 8.92. The molecule has 33 heavy (non-hydrogen) atoms. The summed E-state index contributed by atoms with van der Waals surface area (Å²) in [6, 6.07) is 28.7. The van der Waals surface area contributed by atoms with Crippen LogP contribution in [0.25, 0.3) is 0 Å². The third-order valence-electron chi connectivity index (χ3n) is 6.37. The molecule has 0 unspecified atom stereocenters. The lowest BCUT2D eigenvalue weighted by molar-refractivity contribution is 1.39. The summed E-state index contributed by atoms with van der Waals surface area (Å²) in [4.78, 5) is 0. The summed E-state index contributed by atoms with van der Waals surface area (Å²) in [6.45, 7) is 17.9. The van der Waals surface area contributed by atoms with Crippen molar-refractivity contribution >= 4 is 28.5 Å². The van der Waals surface area contributed by atoms with Crippen LogP contribution in [-0.4, -0.2) is 0 Å². The van der Waals surface area contributed by atoms with Gasteiger partial charge in [-0.2, -0.15) is 0 Å². The average Bonchev–Trinajstić information content (AvgIpc) is 2.65. The third-order valence-corrected chi connectivity index (χ3v) is 10.5. The Labute approximate surface area is 201 Å². The first-order valence-corrected chi connectivity index (χ1v) is 13.6. The smallest absolute Gasteiger partial charge is 0.0561 e. The maximum atomic E-state index is 2.44. The van der Waals surface area contributed by atoms with Gasteiger partial charge < -0.3 is 0 Å². The Morgan fingerprint density at radius 3 is 0.576 bits per heavy atom. The second-order valence-electron chi connectivity index (χ2n) is 10.1. The van der Waals surface area contributed by atoms with Crippen molar-refractivity contribution in [3.05, 3.63) is 117 Å². The van der Waals surface area contributed by atoms with Crippen LogP contribution in [0, 0.1) is 55.4 Å². The first kappa shape index (κ1) is 23.5. The second-order valence-corrected chi connectivity index (χ2v) is 13.5. The lowest BCUT2D eigenvalue weighted by atomic mass is 10.1. The average molecular weight is 452 g/mol. The molecular formula is C32H36P+. The van der Waals surface area contributed by atoms with Gasteiger partial charge in [0.25, 0.3) is 0 Å². The van der Waals surface area contributed by atoms with Crippen molar-refractivity contribution in [2.45, 2.75) is 55.4 Å². The molecule has 4 rings (SSSR count). The number of hydrogen-bond acceptors (Lipinski definition) is 0. The molecule has 0 atom stereocenters. The summed E-state index contributed by atoms with van der Waals surface area (Å²) >= 11 is 0. The monoisotopic (exact) mass is 451 g/mol. The summed E-state index contributed by atoms with van der Waals surface area (Å²) in [5.74, 6) is 0. The quantitative estimate of drug-likeness (QED) is 0.300. The molecule has 0 saturated carbocycles. The van der Waals surface area contributed by atoms with E-state index >= 15 is 0 Å². The molecule has 168 valence electrons. The van der Waals surface area contributed by atoms with Crippen molar-refractivity contribution < 1.29 is 0 Å². The molecule has 1 heteroatoms. The molecule has 0 N–H and O–H groups in total. The summed E-state index contributed by atoms with van der Waals surface area (Å²) in [7, 11) is -2.12. The molecule has 0 bridgehead atoms. The van der Waals surface area contributed by atoms with E-state index in [4.69, 9.17) is 0 Å². The molecule has 0 aliphatic rings. The van der Waals surface area contributed by atoms with Crippen LogP contribution in [0.5, 0.6) is 0 Å². The lowest BCUT2D eigenvalue weighted by Gasteiger charge is -2.30. The van der Waals surface area contributed by atoms with Gasteiger partial charge >= 0.3 is 0 Å². The molecule has 0 heterocycles. The number of rotatable bonds is 4. The van der Waals surface area contributed by atoms with E-state index in [0.29, 0.717) is 0 Å². The van der Waals surface area contributed by atoms with E-state index in [1.54, 1.807) is 0 Å². The predicted octanol–water partition coefficient (Wildman–Crippen LogP) is 6.77. The minimum absolute atomic E-state index is 1.33. The van der Waals surface area contributed by atoms with E-state index in [9.17, 15) is 0 Å². The molecule has 0 aromatic heterocycles. The van der Waals surface area contributed by atoms with Crippen LogP contribution >= 0.6 is 7.26 Å². The Kier molecular flexibility index (Phi) is 6.35. The molecule has 4 aromatic rings. The molecule has 0 radical (unpaired) electrons. The Balaban J connectivity index is 2.28. The Morgan fingerprint density at radius 2 is 0.424 bits per heavy atom. The molecule has 0 aliphatic heterocycles. The van der Waals surface area contributed by atoms with E-state index < -0.39 is 7.26 Å². The molecule has 0 saturated heterocycles. The first-order valence-electron chi connectivity index (χ1n) is 11.8.